The van der Waals surface area contributed by atoms with Gasteiger partial charge in [0.15, 0.2) is 0 Å². The second-order valence-corrected chi connectivity index (χ2v) is 4.72. The third kappa shape index (κ3) is 3.94. The van der Waals surface area contributed by atoms with Crippen LogP contribution in [-0.2, 0) is 11.2 Å². The van der Waals surface area contributed by atoms with E-state index in [1.807, 2.05) is 25.1 Å². The minimum atomic E-state index is -0.0748. The van der Waals surface area contributed by atoms with Crippen LogP contribution in [0.15, 0.2) is 22.7 Å². The van der Waals surface area contributed by atoms with Crippen LogP contribution >= 0.6 is 15.9 Å². The first-order valence-corrected chi connectivity index (χ1v) is 5.92. The lowest BCUT2D eigenvalue weighted by molar-refractivity contribution is -0.118. The Morgan fingerprint density at radius 3 is 2.75 bits per heavy atom. The van der Waals surface area contributed by atoms with Crippen molar-refractivity contribution in [1.82, 2.24) is 0 Å². The van der Waals surface area contributed by atoms with Gasteiger partial charge in [-0.3, -0.25) is 4.79 Å². The minimum Gasteiger partial charge on any atom is -0.496 e. The molecule has 2 N–H and O–H groups in total. The van der Waals surface area contributed by atoms with Crippen molar-refractivity contribution < 1.29 is 9.53 Å². The molecule has 0 heterocycles. The highest BCUT2D eigenvalue weighted by molar-refractivity contribution is 9.10. The normalized spacial score (nSPS) is 12.2. The van der Waals surface area contributed by atoms with Gasteiger partial charge in [0.05, 0.1) is 11.6 Å². The summed E-state index contributed by atoms with van der Waals surface area (Å²) < 4.78 is 5.98. The van der Waals surface area contributed by atoms with Gasteiger partial charge in [-0.2, -0.15) is 0 Å². The molecule has 16 heavy (non-hydrogen) atoms. The summed E-state index contributed by atoms with van der Waals surface area (Å²) in [6.07, 6.45) is 0.841. The van der Waals surface area contributed by atoms with E-state index in [-0.39, 0.29) is 11.8 Å². The predicted molar refractivity (Wildman–Crippen MR) is 67.7 cm³/mol. The average Bonchev–Trinajstić information content (AvgIpc) is 2.16. The Labute approximate surface area is 104 Å². The monoisotopic (exact) mass is 285 g/mol. The fourth-order valence-corrected chi connectivity index (χ4v) is 2.07. The van der Waals surface area contributed by atoms with Gasteiger partial charge < -0.3 is 10.5 Å². The lowest BCUT2D eigenvalue weighted by Gasteiger charge is -2.07. The first-order chi connectivity index (χ1) is 7.52. The number of methoxy groups -OCH3 is 1. The Bertz CT molecular complexity index is 377. The Morgan fingerprint density at radius 1 is 1.56 bits per heavy atom. The fourth-order valence-electron chi connectivity index (χ4n) is 1.48. The summed E-state index contributed by atoms with van der Waals surface area (Å²) >= 11 is 3.39. The van der Waals surface area contributed by atoms with Crippen LogP contribution < -0.4 is 10.5 Å². The molecule has 1 rings (SSSR count). The highest BCUT2D eigenvalue weighted by Gasteiger charge is 2.08. The van der Waals surface area contributed by atoms with E-state index in [0.717, 1.165) is 15.8 Å². The zero-order chi connectivity index (χ0) is 12.1. The number of halogens is 1. The van der Waals surface area contributed by atoms with Crippen LogP contribution in [0.2, 0.25) is 0 Å². The van der Waals surface area contributed by atoms with Crippen molar-refractivity contribution in [3.8, 4) is 5.75 Å². The van der Waals surface area contributed by atoms with Crippen LogP contribution in [0.3, 0.4) is 0 Å². The average molecular weight is 286 g/mol. The van der Waals surface area contributed by atoms with Gasteiger partial charge in [-0.15, -0.1) is 0 Å². The van der Waals surface area contributed by atoms with Gasteiger partial charge >= 0.3 is 0 Å². The second kappa shape index (κ2) is 6.01. The Balaban J connectivity index is 2.68. The quantitative estimate of drug-likeness (QED) is 0.903. The van der Waals surface area contributed by atoms with Crippen LogP contribution in [0.4, 0.5) is 0 Å². The maximum absolute atomic E-state index is 11.6. The minimum absolute atomic E-state index is 0.0748. The summed E-state index contributed by atoms with van der Waals surface area (Å²) in [5.41, 5.74) is 6.54. The smallest absolute Gasteiger partial charge is 0.138 e. The van der Waals surface area contributed by atoms with E-state index < -0.39 is 0 Å². The first-order valence-electron chi connectivity index (χ1n) is 5.12. The highest BCUT2D eigenvalue weighted by Crippen LogP contribution is 2.25. The Morgan fingerprint density at radius 2 is 2.25 bits per heavy atom. The number of benzene rings is 1. The number of ketones is 1. The number of carbonyl (C=O) groups excluding carboxylic acids is 1. The van der Waals surface area contributed by atoms with Crippen molar-refractivity contribution in [3.63, 3.8) is 0 Å². The van der Waals surface area contributed by atoms with E-state index in [9.17, 15) is 4.79 Å². The first kappa shape index (κ1) is 13.2. The van der Waals surface area contributed by atoms with E-state index in [1.54, 1.807) is 7.11 Å². The molecule has 3 nitrogen and oxygen atoms in total. The molecule has 0 saturated heterocycles. The Kier molecular flexibility index (Phi) is 4.96. The molecule has 0 radical (unpaired) electrons. The summed E-state index contributed by atoms with van der Waals surface area (Å²) in [6.45, 7) is 1.84. The fraction of sp³-hybridized carbons (Fsp3) is 0.417. The molecule has 0 aromatic heterocycles. The summed E-state index contributed by atoms with van der Waals surface area (Å²) in [6, 6.07) is 5.56. The lowest BCUT2D eigenvalue weighted by Crippen LogP contribution is -2.20. The van der Waals surface area contributed by atoms with Gasteiger partial charge in [-0.05, 0) is 40.5 Å². The standard InChI is InChI=1S/C12H16BrNO2/c1-8(14)5-10(15)6-9-3-4-12(16-2)11(13)7-9/h3-4,7-8H,5-6,14H2,1-2H3. The van der Waals surface area contributed by atoms with Crippen molar-refractivity contribution in [1.29, 1.82) is 0 Å². The molecule has 4 heteroatoms. The highest BCUT2D eigenvalue weighted by atomic mass is 79.9. The maximum atomic E-state index is 11.6. The molecule has 0 aliphatic heterocycles. The molecular formula is C12H16BrNO2. The molecule has 1 atom stereocenters. The molecule has 88 valence electrons. The van der Waals surface area contributed by atoms with Crippen LogP contribution in [-0.4, -0.2) is 18.9 Å². The van der Waals surface area contributed by atoms with Gasteiger partial charge in [0.1, 0.15) is 11.5 Å². The number of hydrogen-bond acceptors (Lipinski definition) is 3. The predicted octanol–water partition coefficient (Wildman–Crippen LogP) is 2.31. The molecular weight excluding hydrogens is 270 g/mol. The summed E-state index contributed by atoms with van der Waals surface area (Å²) in [7, 11) is 1.61. The zero-order valence-corrected chi connectivity index (χ0v) is 11.1. The summed E-state index contributed by atoms with van der Waals surface area (Å²) in [5.74, 6) is 0.926. The third-order valence-corrected chi connectivity index (χ3v) is 2.79. The number of carbonyl (C=O) groups is 1. The van der Waals surface area contributed by atoms with E-state index in [0.29, 0.717) is 12.8 Å². The Hall–Kier alpha value is -0.870. The number of rotatable bonds is 5. The van der Waals surface area contributed by atoms with Crippen molar-refractivity contribution in [3.05, 3.63) is 28.2 Å². The van der Waals surface area contributed by atoms with E-state index in [2.05, 4.69) is 15.9 Å². The zero-order valence-electron chi connectivity index (χ0n) is 9.50. The van der Waals surface area contributed by atoms with Crippen LogP contribution in [0.25, 0.3) is 0 Å². The molecule has 0 spiro atoms. The van der Waals surface area contributed by atoms with Crippen molar-refractivity contribution in [2.24, 2.45) is 5.73 Å². The molecule has 0 aliphatic rings. The maximum Gasteiger partial charge on any atom is 0.138 e. The summed E-state index contributed by atoms with van der Waals surface area (Å²) in [5, 5.41) is 0. The largest absolute Gasteiger partial charge is 0.496 e. The molecule has 1 aromatic carbocycles. The van der Waals surface area contributed by atoms with E-state index in [4.69, 9.17) is 10.5 Å². The molecule has 0 bridgehead atoms. The van der Waals surface area contributed by atoms with Gasteiger partial charge in [-0.25, -0.2) is 0 Å². The molecule has 0 amide bonds. The van der Waals surface area contributed by atoms with Gasteiger partial charge in [0, 0.05) is 18.9 Å². The molecule has 1 unspecified atom stereocenters. The number of Topliss-reactive ketones (excluding diaryl/α,β-unsaturated/α-hetero) is 1. The second-order valence-electron chi connectivity index (χ2n) is 3.87. The van der Waals surface area contributed by atoms with Crippen LogP contribution in [0.5, 0.6) is 5.75 Å². The molecule has 0 fully saturated rings. The van der Waals surface area contributed by atoms with Gasteiger partial charge in [-0.1, -0.05) is 6.07 Å². The molecule has 0 saturated carbocycles. The third-order valence-electron chi connectivity index (χ3n) is 2.17. The number of hydrogen-bond donors (Lipinski definition) is 1. The SMILES string of the molecule is COc1ccc(CC(=O)CC(C)N)cc1Br. The molecule has 1 aromatic rings. The topological polar surface area (TPSA) is 52.3 Å². The lowest BCUT2D eigenvalue weighted by atomic mass is 10.0. The van der Waals surface area contributed by atoms with E-state index >= 15 is 0 Å². The van der Waals surface area contributed by atoms with Crippen LogP contribution in [0, 0.1) is 0 Å². The van der Waals surface area contributed by atoms with Crippen molar-refractivity contribution >= 4 is 21.7 Å². The van der Waals surface area contributed by atoms with Crippen molar-refractivity contribution in [2.75, 3.05) is 7.11 Å². The van der Waals surface area contributed by atoms with Crippen LogP contribution in [0.1, 0.15) is 18.9 Å². The molecule has 0 aliphatic carbocycles. The van der Waals surface area contributed by atoms with Gasteiger partial charge in [0.2, 0.25) is 0 Å². The van der Waals surface area contributed by atoms with Gasteiger partial charge in [0.25, 0.3) is 0 Å². The number of ether oxygens (including phenoxy) is 1. The van der Waals surface area contributed by atoms with E-state index in [1.165, 1.54) is 0 Å². The number of nitrogens with two attached hydrogens (primary N) is 1. The summed E-state index contributed by atoms with van der Waals surface area (Å²) in [4.78, 5) is 11.6. The van der Waals surface area contributed by atoms with Crippen molar-refractivity contribution in [2.45, 2.75) is 25.8 Å².